The molecule has 0 aliphatic carbocycles. The number of hydrogen-bond acceptors (Lipinski definition) is 4. The van der Waals surface area contributed by atoms with E-state index in [9.17, 15) is 12.8 Å². The predicted molar refractivity (Wildman–Crippen MR) is 83.7 cm³/mol. The Labute approximate surface area is 135 Å². The molecule has 1 unspecified atom stereocenters. The van der Waals surface area contributed by atoms with Crippen molar-refractivity contribution in [1.29, 1.82) is 0 Å². The third-order valence-electron chi connectivity index (χ3n) is 4.24. The van der Waals surface area contributed by atoms with Gasteiger partial charge in [-0.1, -0.05) is 12.1 Å². The van der Waals surface area contributed by atoms with E-state index in [-0.39, 0.29) is 16.9 Å². The van der Waals surface area contributed by atoms with Crippen molar-refractivity contribution in [2.75, 3.05) is 26.2 Å². The Balaban J connectivity index is 1.67. The van der Waals surface area contributed by atoms with Crippen LogP contribution in [0.15, 0.2) is 41.8 Å². The second-order valence-electron chi connectivity index (χ2n) is 5.59. The van der Waals surface area contributed by atoms with Crippen LogP contribution in [0.5, 0.6) is 0 Å². The zero-order valence-corrected chi connectivity index (χ0v) is 13.6. The van der Waals surface area contributed by atoms with Gasteiger partial charge in [-0.3, -0.25) is 4.90 Å². The molecular formula is C15H19FN4O2S. The summed E-state index contributed by atoms with van der Waals surface area (Å²) in [6, 6.07) is 6.58. The lowest BCUT2D eigenvalue weighted by atomic mass is 10.1. The molecule has 2 aromatic rings. The molecule has 2 heterocycles. The van der Waals surface area contributed by atoms with Gasteiger partial charge in [0.25, 0.3) is 10.0 Å². The maximum atomic E-state index is 13.4. The first-order valence-electron chi connectivity index (χ1n) is 7.46. The molecule has 1 aliphatic rings. The molecular weight excluding hydrogens is 319 g/mol. The van der Waals surface area contributed by atoms with E-state index in [4.69, 9.17) is 0 Å². The normalized spacial score (nSPS) is 18.9. The van der Waals surface area contributed by atoms with E-state index in [2.05, 4.69) is 14.9 Å². The number of H-pyrrole nitrogens is 1. The molecule has 1 atom stereocenters. The van der Waals surface area contributed by atoms with Crippen molar-refractivity contribution in [3.05, 3.63) is 48.2 Å². The lowest BCUT2D eigenvalue weighted by molar-refractivity contribution is 0.145. The van der Waals surface area contributed by atoms with Crippen molar-refractivity contribution in [2.24, 2.45) is 0 Å². The van der Waals surface area contributed by atoms with Crippen LogP contribution < -0.4 is 0 Å². The smallest absolute Gasteiger partial charge is 0.260 e. The van der Waals surface area contributed by atoms with Gasteiger partial charge in [0.1, 0.15) is 5.82 Å². The van der Waals surface area contributed by atoms with Crippen LogP contribution in [0.4, 0.5) is 4.39 Å². The average Bonchev–Trinajstić information content (AvgIpc) is 3.09. The Morgan fingerprint density at radius 2 is 2.00 bits per heavy atom. The van der Waals surface area contributed by atoms with Gasteiger partial charge >= 0.3 is 0 Å². The van der Waals surface area contributed by atoms with Gasteiger partial charge in [0.2, 0.25) is 0 Å². The number of aromatic nitrogens is 2. The zero-order chi connectivity index (χ0) is 16.4. The fourth-order valence-corrected chi connectivity index (χ4v) is 4.15. The molecule has 3 rings (SSSR count). The van der Waals surface area contributed by atoms with Gasteiger partial charge in [-0.15, -0.1) is 0 Å². The van der Waals surface area contributed by atoms with Gasteiger partial charge in [0.05, 0.1) is 12.5 Å². The maximum absolute atomic E-state index is 13.4. The topological polar surface area (TPSA) is 69.3 Å². The van der Waals surface area contributed by atoms with Crippen LogP contribution in [-0.2, 0) is 10.0 Å². The molecule has 1 N–H and O–H groups in total. The summed E-state index contributed by atoms with van der Waals surface area (Å²) in [7, 11) is -3.51. The number of piperazine rings is 1. The summed E-state index contributed by atoms with van der Waals surface area (Å²) in [6.07, 6.45) is 2.67. The fraction of sp³-hybridized carbons (Fsp3) is 0.400. The summed E-state index contributed by atoms with van der Waals surface area (Å²) < 4.78 is 39.7. The lowest BCUT2D eigenvalue weighted by Crippen LogP contribution is -2.49. The monoisotopic (exact) mass is 338 g/mol. The Morgan fingerprint density at radius 1 is 1.26 bits per heavy atom. The molecule has 1 saturated heterocycles. The van der Waals surface area contributed by atoms with Gasteiger partial charge in [0.15, 0.2) is 5.03 Å². The van der Waals surface area contributed by atoms with E-state index in [1.165, 1.54) is 29.0 Å². The second kappa shape index (κ2) is 6.38. The number of aromatic amines is 1. The number of hydrogen-bond donors (Lipinski definition) is 1. The molecule has 0 amide bonds. The molecule has 0 saturated carbocycles. The van der Waals surface area contributed by atoms with E-state index in [0.717, 1.165) is 5.56 Å². The molecule has 23 heavy (non-hydrogen) atoms. The minimum atomic E-state index is -3.51. The molecule has 124 valence electrons. The van der Waals surface area contributed by atoms with Gasteiger partial charge in [0, 0.05) is 32.2 Å². The highest BCUT2D eigenvalue weighted by Gasteiger charge is 2.31. The van der Waals surface area contributed by atoms with Crippen molar-refractivity contribution in [3.63, 3.8) is 0 Å². The number of halogens is 1. The summed E-state index contributed by atoms with van der Waals surface area (Å²) in [5.74, 6) is -0.255. The SMILES string of the molecule is CC(c1cccc(F)c1)N1CCN(S(=O)(=O)c2cnc[nH]2)CC1. The Kier molecular flexibility index (Phi) is 4.47. The molecule has 1 fully saturated rings. The van der Waals surface area contributed by atoms with Gasteiger partial charge in [-0.2, -0.15) is 4.31 Å². The van der Waals surface area contributed by atoms with E-state index in [0.29, 0.717) is 26.2 Å². The first-order valence-corrected chi connectivity index (χ1v) is 8.90. The van der Waals surface area contributed by atoms with E-state index >= 15 is 0 Å². The van der Waals surface area contributed by atoms with Gasteiger partial charge in [-0.05, 0) is 24.6 Å². The predicted octanol–water partition coefficient (Wildman–Crippen LogP) is 1.62. The van der Waals surface area contributed by atoms with Crippen LogP contribution in [0.1, 0.15) is 18.5 Å². The van der Waals surface area contributed by atoms with Crippen molar-refractivity contribution < 1.29 is 12.8 Å². The van der Waals surface area contributed by atoms with Crippen molar-refractivity contribution in [3.8, 4) is 0 Å². The van der Waals surface area contributed by atoms with Crippen LogP contribution in [0.25, 0.3) is 0 Å². The maximum Gasteiger partial charge on any atom is 0.260 e. The Hall–Kier alpha value is -1.77. The molecule has 8 heteroatoms. The summed E-state index contributed by atoms with van der Waals surface area (Å²) in [4.78, 5) is 8.57. The standard InChI is InChI=1S/C15H19FN4O2S/c1-12(13-3-2-4-14(16)9-13)19-5-7-20(8-6-19)23(21,22)15-10-17-11-18-15/h2-4,9-12H,5-8H2,1H3,(H,17,18). The minimum absolute atomic E-state index is 0.0442. The Bertz CT molecular complexity index is 756. The highest BCUT2D eigenvalue weighted by molar-refractivity contribution is 7.89. The highest BCUT2D eigenvalue weighted by atomic mass is 32.2. The molecule has 1 aromatic heterocycles. The second-order valence-corrected chi connectivity index (χ2v) is 7.49. The minimum Gasteiger partial charge on any atom is -0.335 e. The number of benzene rings is 1. The van der Waals surface area contributed by atoms with E-state index < -0.39 is 10.0 Å². The first-order chi connectivity index (χ1) is 11.0. The number of imidazole rings is 1. The molecule has 6 nitrogen and oxygen atoms in total. The summed E-state index contributed by atoms with van der Waals surface area (Å²) >= 11 is 0. The van der Waals surface area contributed by atoms with E-state index in [1.807, 2.05) is 13.0 Å². The van der Waals surface area contributed by atoms with Gasteiger partial charge in [-0.25, -0.2) is 17.8 Å². The van der Waals surface area contributed by atoms with E-state index in [1.54, 1.807) is 6.07 Å². The number of rotatable bonds is 4. The number of nitrogens with zero attached hydrogens (tertiary/aromatic N) is 3. The molecule has 0 radical (unpaired) electrons. The summed E-state index contributed by atoms with van der Waals surface area (Å²) in [5, 5.41) is 0.115. The van der Waals surface area contributed by atoms with Crippen LogP contribution in [-0.4, -0.2) is 53.8 Å². The van der Waals surface area contributed by atoms with Crippen molar-refractivity contribution in [2.45, 2.75) is 18.0 Å². The Morgan fingerprint density at radius 3 is 2.61 bits per heavy atom. The molecule has 0 spiro atoms. The van der Waals surface area contributed by atoms with Crippen LogP contribution in [0.2, 0.25) is 0 Å². The summed E-state index contributed by atoms with van der Waals surface area (Å²) in [5.41, 5.74) is 0.898. The van der Waals surface area contributed by atoms with Crippen LogP contribution >= 0.6 is 0 Å². The van der Waals surface area contributed by atoms with Crippen LogP contribution in [0.3, 0.4) is 0 Å². The quantitative estimate of drug-likeness (QED) is 0.920. The first kappa shape index (κ1) is 16.1. The largest absolute Gasteiger partial charge is 0.335 e. The fourth-order valence-electron chi connectivity index (χ4n) is 2.83. The third-order valence-corrected chi connectivity index (χ3v) is 6.07. The number of nitrogens with one attached hydrogen (secondary N) is 1. The van der Waals surface area contributed by atoms with Crippen molar-refractivity contribution >= 4 is 10.0 Å². The molecule has 1 aliphatic heterocycles. The van der Waals surface area contributed by atoms with Crippen LogP contribution in [0, 0.1) is 5.82 Å². The zero-order valence-electron chi connectivity index (χ0n) is 12.8. The average molecular weight is 338 g/mol. The molecule has 1 aromatic carbocycles. The van der Waals surface area contributed by atoms with Gasteiger partial charge < -0.3 is 4.98 Å². The number of sulfonamides is 1. The summed E-state index contributed by atoms with van der Waals surface area (Å²) in [6.45, 7) is 4.02. The molecule has 0 bridgehead atoms. The highest BCUT2D eigenvalue weighted by Crippen LogP contribution is 2.24. The lowest BCUT2D eigenvalue weighted by Gasteiger charge is -2.37. The third kappa shape index (κ3) is 3.29. The van der Waals surface area contributed by atoms with Crippen molar-refractivity contribution in [1.82, 2.24) is 19.2 Å².